The molecule has 1 unspecified atom stereocenters. The number of hydrogen-bond donors (Lipinski definition) is 3. The molecule has 1 aromatic rings. The molecule has 114 valence electrons. The summed E-state index contributed by atoms with van der Waals surface area (Å²) in [5.41, 5.74) is 0.415. The van der Waals surface area contributed by atoms with E-state index in [-0.39, 0.29) is 24.9 Å². The van der Waals surface area contributed by atoms with Crippen LogP contribution in [0.3, 0.4) is 0 Å². The Morgan fingerprint density at radius 2 is 2.00 bits per heavy atom. The summed E-state index contributed by atoms with van der Waals surface area (Å²) < 4.78 is 10.3. The quantitative estimate of drug-likeness (QED) is 0.748. The molecule has 0 aliphatic carbocycles. The van der Waals surface area contributed by atoms with Crippen molar-refractivity contribution in [1.82, 2.24) is 10.6 Å². The Morgan fingerprint density at radius 1 is 1.33 bits per heavy atom. The van der Waals surface area contributed by atoms with Gasteiger partial charge in [-0.05, 0) is 0 Å². The number of carbonyl (C=O) groups excluding carboxylic acids is 2. The smallest absolute Gasteiger partial charge is 0.243 e. The molecule has 1 aliphatic heterocycles. The van der Waals surface area contributed by atoms with Gasteiger partial charge >= 0.3 is 0 Å². The van der Waals surface area contributed by atoms with E-state index in [2.05, 4.69) is 16.0 Å². The maximum absolute atomic E-state index is 12.1. The first-order chi connectivity index (χ1) is 10.0. The average molecular weight is 314 g/mol. The van der Waals surface area contributed by atoms with Gasteiger partial charge in [-0.25, -0.2) is 0 Å². The van der Waals surface area contributed by atoms with Gasteiger partial charge in [-0.15, -0.1) is 0 Å². The van der Waals surface area contributed by atoms with Crippen molar-refractivity contribution >= 4 is 29.1 Å². The number of hydrogen-bond acceptors (Lipinski definition) is 5. The molecule has 8 heteroatoms. The monoisotopic (exact) mass is 313 g/mol. The molecule has 0 bridgehead atoms. The van der Waals surface area contributed by atoms with Crippen molar-refractivity contribution in [3.8, 4) is 11.5 Å². The average Bonchev–Trinajstić information content (AvgIpc) is 2.49. The van der Waals surface area contributed by atoms with Crippen molar-refractivity contribution in [2.75, 3.05) is 32.6 Å². The van der Waals surface area contributed by atoms with Gasteiger partial charge in [0.15, 0.2) is 11.5 Å². The highest BCUT2D eigenvalue weighted by Gasteiger charge is 2.24. The topological polar surface area (TPSA) is 88.7 Å². The van der Waals surface area contributed by atoms with Crippen molar-refractivity contribution in [3.05, 3.63) is 17.2 Å². The lowest BCUT2D eigenvalue weighted by Crippen LogP contribution is -2.56. The molecule has 0 radical (unpaired) electrons. The Morgan fingerprint density at radius 3 is 2.57 bits per heavy atom. The van der Waals surface area contributed by atoms with Gasteiger partial charge in [-0.2, -0.15) is 0 Å². The lowest BCUT2D eigenvalue weighted by atomic mass is 10.2. The van der Waals surface area contributed by atoms with Gasteiger partial charge in [0, 0.05) is 18.7 Å². The Kier molecular flexibility index (Phi) is 4.87. The van der Waals surface area contributed by atoms with E-state index >= 15 is 0 Å². The summed E-state index contributed by atoms with van der Waals surface area (Å²) in [5, 5.41) is 8.49. The standard InChI is InChI=1S/C13H16ClN3O4/c1-20-10-3-7(14)8(4-11(10)21-2)17-13(19)9-5-16-12(18)6-15-9/h3-4,9,15H,5-6H2,1-2H3,(H,16,18)(H,17,19). The number of nitrogens with one attached hydrogen (secondary N) is 3. The highest BCUT2D eigenvalue weighted by atomic mass is 35.5. The molecule has 1 heterocycles. The highest BCUT2D eigenvalue weighted by molar-refractivity contribution is 6.34. The first-order valence-corrected chi connectivity index (χ1v) is 6.65. The van der Waals surface area contributed by atoms with Crippen LogP contribution >= 0.6 is 11.6 Å². The third-order valence-corrected chi connectivity index (χ3v) is 3.37. The molecule has 21 heavy (non-hydrogen) atoms. The summed E-state index contributed by atoms with van der Waals surface area (Å²) in [5.74, 6) is 0.512. The molecule has 0 aromatic heterocycles. The van der Waals surface area contributed by atoms with Crippen LogP contribution < -0.4 is 25.4 Å². The Labute approximate surface area is 126 Å². The normalized spacial score (nSPS) is 17.9. The number of rotatable bonds is 4. The molecule has 0 spiro atoms. The second kappa shape index (κ2) is 6.64. The van der Waals surface area contributed by atoms with Crippen LogP contribution in [0.15, 0.2) is 12.1 Å². The van der Waals surface area contributed by atoms with Crippen molar-refractivity contribution in [2.24, 2.45) is 0 Å². The van der Waals surface area contributed by atoms with Gasteiger partial charge in [0.25, 0.3) is 0 Å². The Hall–Kier alpha value is -1.99. The SMILES string of the molecule is COc1cc(Cl)c(NC(=O)C2CNC(=O)CN2)cc1OC. The largest absolute Gasteiger partial charge is 0.493 e. The van der Waals surface area contributed by atoms with E-state index < -0.39 is 6.04 Å². The number of ether oxygens (including phenoxy) is 2. The maximum Gasteiger partial charge on any atom is 0.243 e. The van der Waals surface area contributed by atoms with Gasteiger partial charge in [0.2, 0.25) is 11.8 Å². The van der Waals surface area contributed by atoms with Crippen LogP contribution in [-0.2, 0) is 9.59 Å². The molecule has 1 atom stereocenters. The number of halogens is 1. The van der Waals surface area contributed by atoms with E-state index in [1.54, 1.807) is 12.1 Å². The lowest BCUT2D eigenvalue weighted by Gasteiger charge is -2.23. The van der Waals surface area contributed by atoms with E-state index in [1.807, 2.05) is 0 Å². The van der Waals surface area contributed by atoms with Crippen molar-refractivity contribution < 1.29 is 19.1 Å². The molecule has 2 rings (SSSR count). The minimum Gasteiger partial charge on any atom is -0.493 e. The van der Waals surface area contributed by atoms with Crippen molar-refractivity contribution in [1.29, 1.82) is 0 Å². The first kappa shape index (κ1) is 15.4. The maximum atomic E-state index is 12.1. The van der Waals surface area contributed by atoms with Crippen LogP contribution in [0.1, 0.15) is 0 Å². The summed E-state index contributed by atoms with van der Waals surface area (Å²) in [7, 11) is 3.00. The predicted molar refractivity (Wildman–Crippen MR) is 78.0 cm³/mol. The fourth-order valence-electron chi connectivity index (χ4n) is 1.92. The molecule has 1 aliphatic rings. The zero-order valence-electron chi connectivity index (χ0n) is 11.7. The molecule has 1 saturated heterocycles. The van der Waals surface area contributed by atoms with Crippen LogP contribution in [0, 0.1) is 0 Å². The van der Waals surface area contributed by atoms with Crippen molar-refractivity contribution in [3.63, 3.8) is 0 Å². The minimum absolute atomic E-state index is 0.109. The Balaban J connectivity index is 2.11. The summed E-state index contributed by atoms with van der Waals surface area (Å²) in [6, 6.07) is 2.64. The van der Waals surface area contributed by atoms with E-state index in [4.69, 9.17) is 21.1 Å². The molecular weight excluding hydrogens is 298 g/mol. The van der Waals surface area contributed by atoms with E-state index in [0.29, 0.717) is 22.2 Å². The second-order valence-electron chi connectivity index (χ2n) is 4.41. The molecular formula is C13H16ClN3O4. The molecule has 0 saturated carbocycles. The van der Waals surface area contributed by atoms with Gasteiger partial charge in [-0.1, -0.05) is 11.6 Å². The number of piperazine rings is 1. The fraction of sp³-hybridized carbons (Fsp3) is 0.385. The van der Waals surface area contributed by atoms with Crippen LogP contribution in [0.25, 0.3) is 0 Å². The van der Waals surface area contributed by atoms with Crippen LogP contribution in [-0.4, -0.2) is 45.2 Å². The fourth-order valence-corrected chi connectivity index (χ4v) is 2.12. The zero-order chi connectivity index (χ0) is 15.4. The number of benzene rings is 1. The number of anilines is 1. The van der Waals surface area contributed by atoms with E-state index in [9.17, 15) is 9.59 Å². The third-order valence-electron chi connectivity index (χ3n) is 3.06. The number of amides is 2. The summed E-state index contributed by atoms with van der Waals surface area (Å²) in [4.78, 5) is 23.2. The van der Waals surface area contributed by atoms with Crippen LogP contribution in [0.2, 0.25) is 5.02 Å². The van der Waals surface area contributed by atoms with Crippen molar-refractivity contribution in [2.45, 2.75) is 6.04 Å². The van der Waals surface area contributed by atoms with Gasteiger partial charge in [0.05, 0.1) is 31.5 Å². The molecule has 2 amide bonds. The Bertz CT molecular complexity index is 555. The highest BCUT2D eigenvalue weighted by Crippen LogP contribution is 2.36. The zero-order valence-corrected chi connectivity index (χ0v) is 12.4. The molecule has 7 nitrogen and oxygen atoms in total. The first-order valence-electron chi connectivity index (χ1n) is 6.27. The van der Waals surface area contributed by atoms with E-state index in [1.165, 1.54) is 14.2 Å². The second-order valence-corrected chi connectivity index (χ2v) is 4.82. The van der Waals surface area contributed by atoms with E-state index in [0.717, 1.165) is 0 Å². The predicted octanol–water partition coefficient (Wildman–Crippen LogP) is 0.384. The third kappa shape index (κ3) is 3.56. The summed E-state index contributed by atoms with van der Waals surface area (Å²) in [6.07, 6.45) is 0. The van der Waals surface area contributed by atoms with Gasteiger partial charge in [-0.3, -0.25) is 14.9 Å². The molecule has 1 aromatic carbocycles. The van der Waals surface area contributed by atoms with Gasteiger partial charge in [0.1, 0.15) is 6.04 Å². The number of methoxy groups -OCH3 is 2. The lowest BCUT2D eigenvalue weighted by molar-refractivity contribution is -0.124. The summed E-state index contributed by atoms with van der Waals surface area (Å²) >= 11 is 6.10. The molecule has 3 N–H and O–H groups in total. The molecule has 1 fully saturated rings. The summed E-state index contributed by atoms with van der Waals surface area (Å²) in [6.45, 7) is 0.341. The van der Waals surface area contributed by atoms with Crippen LogP contribution in [0.5, 0.6) is 11.5 Å². The van der Waals surface area contributed by atoms with Gasteiger partial charge < -0.3 is 20.1 Å². The van der Waals surface area contributed by atoms with Crippen LogP contribution in [0.4, 0.5) is 5.69 Å². The minimum atomic E-state index is -0.508. The number of carbonyl (C=O) groups is 2.